The van der Waals surface area contributed by atoms with Crippen molar-refractivity contribution in [2.24, 2.45) is 0 Å². The molecule has 3 aromatic rings. The van der Waals surface area contributed by atoms with E-state index in [1.54, 1.807) is 4.57 Å². The van der Waals surface area contributed by atoms with Crippen molar-refractivity contribution in [2.45, 2.75) is 19.4 Å². The Hall–Kier alpha value is -2.58. The minimum atomic E-state index is -0.662. The molecule has 126 valence electrons. The van der Waals surface area contributed by atoms with E-state index < -0.39 is 12.8 Å². The molecule has 3 rings (SSSR count). The zero-order valence-corrected chi connectivity index (χ0v) is 13.0. The molecule has 0 amide bonds. The molecule has 0 saturated heterocycles. The number of hydrogen-bond donors (Lipinski definition) is 1. The van der Waals surface area contributed by atoms with Gasteiger partial charge < -0.3 is 15.2 Å². The number of nitrogens with zero attached hydrogens (tertiary/aromatic N) is 4. The maximum atomic E-state index is 13.1. The number of halogens is 1. The van der Waals surface area contributed by atoms with Crippen LogP contribution in [0.5, 0.6) is 0 Å². The second-order valence-corrected chi connectivity index (χ2v) is 5.22. The molecule has 2 N–H and O–H groups in total. The summed E-state index contributed by atoms with van der Waals surface area (Å²) in [5, 5.41) is 0. The molecule has 0 aliphatic rings. The van der Waals surface area contributed by atoms with Gasteiger partial charge in [-0.25, -0.2) is 19.3 Å². The highest BCUT2D eigenvalue weighted by molar-refractivity contribution is 5.80. The van der Waals surface area contributed by atoms with Gasteiger partial charge in [0.1, 0.15) is 31.4 Å². The van der Waals surface area contributed by atoms with E-state index in [1.807, 2.05) is 30.3 Å². The van der Waals surface area contributed by atoms with E-state index in [0.29, 0.717) is 23.6 Å². The van der Waals surface area contributed by atoms with Crippen LogP contribution in [0.15, 0.2) is 43.0 Å². The van der Waals surface area contributed by atoms with Crippen molar-refractivity contribution in [1.82, 2.24) is 19.5 Å². The third kappa shape index (κ3) is 3.84. The minimum absolute atomic E-state index is 0.107. The number of imidazole rings is 1. The van der Waals surface area contributed by atoms with Crippen molar-refractivity contribution >= 4 is 17.0 Å². The van der Waals surface area contributed by atoms with Crippen molar-refractivity contribution < 1.29 is 13.9 Å². The highest BCUT2D eigenvalue weighted by Gasteiger charge is 2.12. The van der Waals surface area contributed by atoms with Gasteiger partial charge in [0.25, 0.3) is 0 Å². The Bertz CT molecular complexity index is 780. The van der Waals surface area contributed by atoms with Crippen LogP contribution >= 0.6 is 0 Å². The molecule has 0 aliphatic heterocycles. The van der Waals surface area contributed by atoms with Crippen LogP contribution in [-0.4, -0.2) is 38.9 Å². The fourth-order valence-corrected chi connectivity index (χ4v) is 2.20. The summed E-state index contributed by atoms with van der Waals surface area (Å²) in [6.45, 7) is 0.0440. The molecule has 0 aliphatic carbocycles. The van der Waals surface area contributed by atoms with Crippen molar-refractivity contribution in [2.75, 3.05) is 19.0 Å². The summed E-state index contributed by atoms with van der Waals surface area (Å²) in [5.74, 6) is 0.298. The normalized spacial score (nSPS) is 12.5. The van der Waals surface area contributed by atoms with E-state index in [0.717, 1.165) is 5.56 Å². The monoisotopic (exact) mass is 331 g/mol. The van der Waals surface area contributed by atoms with E-state index >= 15 is 0 Å². The first-order chi connectivity index (χ1) is 11.8. The number of aromatic nitrogens is 4. The number of alkyl halides is 1. The fourth-order valence-electron chi connectivity index (χ4n) is 2.20. The molecular weight excluding hydrogens is 313 g/mol. The number of hydrogen-bond acceptors (Lipinski definition) is 6. The Morgan fingerprint density at radius 1 is 1.17 bits per heavy atom. The van der Waals surface area contributed by atoms with Gasteiger partial charge in [-0.05, 0) is 5.56 Å². The van der Waals surface area contributed by atoms with Gasteiger partial charge in [0.05, 0.1) is 19.5 Å². The summed E-state index contributed by atoms with van der Waals surface area (Å²) in [7, 11) is 0. The van der Waals surface area contributed by atoms with Gasteiger partial charge in [-0.2, -0.15) is 0 Å². The largest absolute Gasteiger partial charge is 0.382 e. The lowest BCUT2D eigenvalue weighted by Gasteiger charge is -2.15. The topological polar surface area (TPSA) is 88.1 Å². The first-order valence-corrected chi connectivity index (χ1v) is 7.48. The van der Waals surface area contributed by atoms with E-state index in [-0.39, 0.29) is 13.3 Å². The van der Waals surface area contributed by atoms with Crippen molar-refractivity contribution in [3.05, 3.63) is 48.5 Å². The zero-order valence-electron chi connectivity index (χ0n) is 13.0. The van der Waals surface area contributed by atoms with Crippen LogP contribution < -0.4 is 5.73 Å². The lowest BCUT2D eigenvalue weighted by atomic mass is 10.2. The number of anilines is 1. The molecule has 0 radical (unpaired) electrons. The Kier molecular flexibility index (Phi) is 5.29. The number of nitrogens with two attached hydrogens (primary N) is 1. The Morgan fingerprint density at radius 2 is 2.00 bits per heavy atom. The van der Waals surface area contributed by atoms with Gasteiger partial charge in [-0.15, -0.1) is 0 Å². The van der Waals surface area contributed by atoms with Crippen LogP contribution in [-0.2, 0) is 22.8 Å². The SMILES string of the molecule is Nc1ncnc2c1ncn2COC(CF)COCc1ccccc1. The highest BCUT2D eigenvalue weighted by atomic mass is 19.1. The number of rotatable bonds is 8. The number of benzene rings is 1. The Labute approximate surface area is 138 Å². The molecular formula is C16H18FN5O2. The van der Waals surface area contributed by atoms with Gasteiger partial charge in [0.15, 0.2) is 11.5 Å². The third-order valence-electron chi connectivity index (χ3n) is 3.47. The third-order valence-corrected chi connectivity index (χ3v) is 3.47. The van der Waals surface area contributed by atoms with Crippen molar-refractivity contribution in [3.63, 3.8) is 0 Å². The van der Waals surface area contributed by atoms with Crippen LogP contribution in [0.25, 0.3) is 11.2 Å². The number of nitrogen functional groups attached to an aromatic ring is 1. The summed E-state index contributed by atoms with van der Waals surface area (Å²) in [5.41, 5.74) is 7.80. The first kappa shape index (κ1) is 16.3. The van der Waals surface area contributed by atoms with E-state index in [1.165, 1.54) is 12.7 Å². The molecule has 1 atom stereocenters. The van der Waals surface area contributed by atoms with Crippen LogP contribution in [0.3, 0.4) is 0 Å². The van der Waals surface area contributed by atoms with Crippen molar-refractivity contribution in [1.29, 1.82) is 0 Å². The van der Waals surface area contributed by atoms with Crippen LogP contribution in [0.1, 0.15) is 5.56 Å². The maximum Gasteiger partial charge on any atom is 0.167 e. The van der Waals surface area contributed by atoms with E-state index in [9.17, 15) is 4.39 Å². The van der Waals surface area contributed by atoms with Crippen LogP contribution in [0.4, 0.5) is 10.2 Å². The van der Waals surface area contributed by atoms with E-state index in [2.05, 4.69) is 15.0 Å². The Morgan fingerprint density at radius 3 is 2.79 bits per heavy atom. The molecule has 0 fully saturated rings. The lowest BCUT2D eigenvalue weighted by molar-refractivity contribution is -0.0571. The van der Waals surface area contributed by atoms with Gasteiger partial charge in [0, 0.05) is 0 Å². The molecule has 0 bridgehead atoms. The summed E-state index contributed by atoms with van der Waals surface area (Å²) in [6, 6.07) is 9.70. The lowest BCUT2D eigenvalue weighted by Crippen LogP contribution is -2.23. The van der Waals surface area contributed by atoms with Gasteiger partial charge in [-0.1, -0.05) is 30.3 Å². The average molecular weight is 331 g/mol. The van der Waals surface area contributed by atoms with Crippen LogP contribution in [0, 0.1) is 0 Å². The minimum Gasteiger partial charge on any atom is -0.382 e. The smallest absolute Gasteiger partial charge is 0.167 e. The number of fused-ring (bicyclic) bond motifs is 1. The first-order valence-electron chi connectivity index (χ1n) is 7.48. The zero-order chi connectivity index (χ0) is 16.8. The maximum absolute atomic E-state index is 13.1. The quantitative estimate of drug-likeness (QED) is 0.678. The molecule has 1 aromatic carbocycles. The fraction of sp³-hybridized carbons (Fsp3) is 0.312. The second kappa shape index (κ2) is 7.80. The molecule has 1 unspecified atom stereocenters. The molecule has 2 heterocycles. The molecule has 0 spiro atoms. The summed E-state index contributed by atoms with van der Waals surface area (Å²) < 4.78 is 25.8. The number of ether oxygens (including phenoxy) is 2. The molecule has 7 nitrogen and oxygen atoms in total. The predicted octanol–water partition coefficient (Wildman–Crippen LogP) is 1.94. The van der Waals surface area contributed by atoms with Gasteiger partial charge >= 0.3 is 0 Å². The Balaban J connectivity index is 1.52. The molecule has 8 heteroatoms. The highest BCUT2D eigenvalue weighted by Crippen LogP contribution is 2.14. The summed E-state index contributed by atoms with van der Waals surface area (Å²) >= 11 is 0. The summed E-state index contributed by atoms with van der Waals surface area (Å²) in [4.78, 5) is 12.1. The summed E-state index contributed by atoms with van der Waals surface area (Å²) in [6.07, 6.45) is 2.23. The van der Waals surface area contributed by atoms with Crippen LogP contribution in [0.2, 0.25) is 0 Å². The van der Waals surface area contributed by atoms with Crippen molar-refractivity contribution in [3.8, 4) is 0 Å². The molecule has 24 heavy (non-hydrogen) atoms. The predicted molar refractivity (Wildman–Crippen MR) is 86.7 cm³/mol. The van der Waals surface area contributed by atoms with E-state index in [4.69, 9.17) is 15.2 Å². The van der Waals surface area contributed by atoms with Gasteiger partial charge in [-0.3, -0.25) is 4.57 Å². The van der Waals surface area contributed by atoms with Gasteiger partial charge in [0.2, 0.25) is 0 Å². The second-order valence-electron chi connectivity index (χ2n) is 5.22. The molecule has 2 aromatic heterocycles. The molecule has 0 saturated carbocycles. The standard InChI is InChI=1S/C16H18FN5O2/c17-6-13(8-23-7-12-4-2-1-3-5-12)24-11-22-10-21-14-15(18)19-9-20-16(14)22/h1-5,9-10,13H,6-8,11H2,(H2,18,19,20). The average Bonchev–Trinajstić information content (AvgIpc) is 3.03.